The Morgan fingerprint density at radius 3 is 2.79 bits per heavy atom. The van der Waals surface area contributed by atoms with Crippen molar-refractivity contribution in [2.75, 3.05) is 7.11 Å². The highest BCUT2D eigenvalue weighted by molar-refractivity contribution is 9.10. The van der Waals surface area contributed by atoms with Gasteiger partial charge in [0.1, 0.15) is 0 Å². The molecule has 0 radical (unpaired) electrons. The molecule has 1 N–H and O–H groups in total. The highest BCUT2D eigenvalue weighted by Crippen LogP contribution is 2.25. The van der Waals surface area contributed by atoms with Gasteiger partial charge in [0, 0.05) is 17.6 Å². The minimum absolute atomic E-state index is 0.0257. The topological polar surface area (TPSA) is 55.4 Å². The molecule has 2 atom stereocenters. The number of aryl methyl sites for hydroxylation is 1. The van der Waals surface area contributed by atoms with Gasteiger partial charge in [0.2, 0.25) is 10.0 Å². The minimum Gasteiger partial charge on any atom is -0.380 e. The Kier molecular flexibility index (Phi) is 4.66. The van der Waals surface area contributed by atoms with E-state index in [0.717, 1.165) is 29.3 Å². The number of hydrogen-bond donors (Lipinski definition) is 1. The predicted octanol–water partition coefficient (Wildman–Crippen LogP) is 2.60. The van der Waals surface area contributed by atoms with Crippen molar-refractivity contribution in [1.29, 1.82) is 0 Å². The Hall–Kier alpha value is -0.430. The second-order valence-corrected chi connectivity index (χ2v) is 7.44. The van der Waals surface area contributed by atoms with Gasteiger partial charge in [-0.15, -0.1) is 0 Å². The Morgan fingerprint density at radius 2 is 2.11 bits per heavy atom. The van der Waals surface area contributed by atoms with Gasteiger partial charge in [-0.1, -0.05) is 22.0 Å². The van der Waals surface area contributed by atoms with Gasteiger partial charge in [0.15, 0.2) is 0 Å². The molecule has 0 spiro atoms. The van der Waals surface area contributed by atoms with E-state index in [0.29, 0.717) is 4.90 Å². The van der Waals surface area contributed by atoms with Crippen LogP contribution in [0.4, 0.5) is 0 Å². The molecule has 2 unspecified atom stereocenters. The van der Waals surface area contributed by atoms with Crippen molar-refractivity contribution in [2.45, 2.75) is 43.2 Å². The average Bonchev–Trinajstić information content (AvgIpc) is 2.78. The van der Waals surface area contributed by atoms with Gasteiger partial charge in [-0.05, 0) is 43.9 Å². The normalized spacial score (nSPS) is 23.7. The van der Waals surface area contributed by atoms with Gasteiger partial charge in [0.05, 0.1) is 11.0 Å². The SMILES string of the molecule is COC1CCCC1NS(=O)(=O)c1cc(Br)ccc1C. The molecule has 0 aromatic heterocycles. The van der Waals surface area contributed by atoms with E-state index >= 15 is 0 Å². The molecular weight excluding hydrogens is 330 g/mol. The summed E-state index contributed by atoms with van der Waals surface area (Å²) in [6, 6.07) is 5.13. The molecule has 0 aliphatic heterocycles. The number of ether oxygens (including phenoxy) is 1. The van der Waals surface area contributed by atoms with E-state index in [-0.39, 0.29) is 12.1 Å². The second kappa shape index (κ2) is 5.91. The van der Waals surface area contributed by atoms with Crippen molar-refractivity contribution >= 4 is 26.0 Å². The maximum absolute atomic E-state index is 12.4. The van der Waals surface area contributed by atoms with Crippen molar-refractivity contribution in [1.82, 2.24) is 4.72 Å². The first-order valence-corrected chi connectivity index (χ1v) is 8.53. The van der Waals surface area contributed by atoms with Crippen LogP contribution in [0.3, 0.4) is 0 Å². The second-order valence-electron chi connectivity index (χ2n) is 4.84. The molecule has 1 aliphatic rings. The Bertz CT molecular complexity index is 559. The van der Waals surface area contributed by atoms with Gasteiger partial charge < -0.3 is 4.74 Å². The zero-order valence-electron chi connectivity index (χ0n) is 11.0. The number of methoxy groups -OCH3 is 1. The molecule has 2 rings (SSSR count). The lowest BCUT2D eigenvalue weighted by Gasteiger charge is -2.20. The van der Waals surface area contributed by atoms with Crippen LogP contribution in [0.15, 0.2) is 27.6 Å². The van der Waals surface area contributed by atoms with E-state index in [1.54, 1.807) is 26.2 Å². The first-order valence-electron chi connectivity index (χ1n) is 6.25. The largest absolute Gasteiger partial charge is 0.380 e. The van der Waals surface area contributed by atoms with Gasteiger partial charge in [-0.3, -0.25) is 0 Å². The quantitative estimate of drug-likeness (QED) is 0.910. The van der Waals surface area contributed by atoms with Crippen molar-refractivity contribution in [2.24, 2.45) is 0 Å². The first-order chi connectivity index (χ1) is 8.94. The summed E-state index contributed by atoms with van der Waals surface area (Å²) in [5.41, 5.74) is 0.739. The zero-order valence-corrected chi connectivity index (χ0v) is 13.4. The predicted molar refractivity (Wildman–Crippen MR) is 77.6 cm³/mol. The Labute approximate surface area is 122 Å². The number of benzene rings is 1. The molecule has 19 heavy (non-hydrogen) atoms. The summed E-state index contributed by atoms with van der Waals surface area (Å²) in [6.07, 6.45) is 2.69. The molecule has 4 nitrogen and oxygen atoms in total. The summed E-state index contributed by atoms with van der Waals surface area (Å²) < 4.78 is 33.7. The summed E-state index contributed by atoms with van der Waals surface area (Å²) in [6.45, 7) is 1.80. The summed E-state index contributed by atoms with van der Waals surface area (Å²) in [5.74, 6) is 0. The highest BCUT2D eigenvalue weighted by atomic mass is 79.9. The maximum Gasteiger partial charge on any atom is 0.241 e. The van der Waals surface area contributed by atoms with Crippen LogP contribution in [0.1, 0.15) is 24.8 Å². The lowest BCUT2D eigenvalue weighted by atomic mass is 10.2. The third-order valence-electron chi connectivity index (χ3n) is 3.50. The van der Waals surface area contributed by atoms with E-state index in [1.165, 1.54) is 0 Å². The van der Waals surface area contributed by atoms with Crippen LogP contribution in [0.2, 0.25) is 0 Å². The van der Waals surface area contributed by atoms with Crippen molar-refractivity contribution in [3.63, 3.8) is 0 Å². The van der Waals surface area contributed by atoms with Gasteiger partial charge in [-0.25, -0.2) is 13.1 Å². The molecule has 1 saturated carbocycles. The smallest absolute Gasteiger partial charge is 0.241 e. The number of hydrogen-bond acceptors (Lipinski definition) is 3. The average molecular weight is 348 g/mol. The fourth-order valence-corrected chi connectivity index (χ4v) is 4.55. The van der Waals surface area contributed by atoms with Crippen LogP contribution < -0.4 is 4.72 Å². The lowest BCUT2D eigenvalue weighted by molar-refractivity contribution is 0.0916. The highest BCUT2D eigenvalue weighted by Gasteiger charge is 2.31. The van der Waals surface area contributed by atoms with Crippen LogP contribution in [0.25, 0.3) is 0 Å². The van der Waals surface area contributed by atoms with Crippen LogP contribution in [-0.2, 0) is 14.8 Å². The molecular formula is C13H18BrNO3S. The van der Waals surface area contributed by atoms with Crippen LogP contribution >= 0.6 is 15.9 Å². The monoisotopic (exact) mass is 347 g/mol. The van der Waals surface area contributed by atoms with Gasteiger partial charge in [-0.2, -0.15) is 0 Å². The van der Waals surface area contributed by atoms with Crippen LogP contribution in [-0.4, -0.2) is 27.7 Å². The van der Waals surface area contributed by atoms with Gasteiger partial charge in [0.25, 0.3) is 0 Å². The van der Waals surface area contributed by atoms with E-state index in [4.69, 9.17) is 4.74 Å². The molecule has 0 amide bonds. The Morgan fingerprint density at radius 1 is 1.37 bits per heavy atom. The third kappa shape index (κ3) is 3.37. The fraction of sp³-hybridized carbons (Fsp3) is 0.538. The van der Waals surface area contributed by atoms with E-state index < -0.39 is 10.0 Å². The molecule has 1 fully saturated rings. The molecule has 0 bridgehead atoms. The van der Waals surface area contributed by atoms with E-state index in [1.807, 2.05) is 6.07 Å². The third-order valence-corrected chi connectivity index (χ3v) is 5.63. The molecule has 1 aromatic rings. The number of rotatable bonds is 4. The maximum atomic E-state index is 12.4. The van der Waals surface area contributed by atoms with Crippen LogP contribution in [0.5, 0.6) is 0 Å². The summed E-state index contributed by atoms with van der Waals surface area (Å²) in [7, 11) is -1.87. The molecule has 1 aromatic carbocycles. The van der Waals surface area contributed by atoms with E-state index in [2.05, 4.69) is 20.7 Å². The Balaban J connectivity index is 2.25. The summed E-state index contributed by atoms with van der Waals surface area (Å²) in [5, 5.41) is 0. The van der Waals surface area contributed by atoms with Crippen LogP contribution in [0, 0.1) is 6.92 Å². The number of sulfonamides is 1. The lowest BCUT2D eigenvalue weighted by Crippen LogP contribution is -2.40. The molecule has 1 aliphatic carbocycles. The molecule has 0 saturated heterocycles. The first kappa shape index (κ1) is 15.0. The molecule has 6 heteroatoms. The zero-order chi connectivity index (χ0) is 14.0. The molecule has 0 heterocycles. The van der Waals surface area contributed by atoms with Crippen molar-refractivity contribution < 1.29 is 13.2 Å². The van der Waals surface area contributed by atoms with Crippen molar-refractivity contribution in [3.8, 4) is 0 Å². The minimum atomic E-state index is -3.50. The molecule has 106 valence electrons. The standard InChI is InChI=1S/C13H18BrNO3S/c1-9-6-7-10(14)8-13(9)19(16,17)15-11-4-3-5-12(11)18-2/h6-8,11-12,15H,3-5H2,1-2H3. The number of halogens is 1. The number of nitrogens with one attached hydrogen (secondary N) is 1. The van der Waals surface area contributed by atoms with Gasteiger partial charge >= 0.3 is 0 Å². The van der Waals surface area contributed by atoms with E-state index in [9.17, 15) is 8.42 Å². The fourth-order valence-electron chi connectivity index (χ4n) is 2.47. The summed E-state index contributed by atoms with van der Waals surface area (Å²) >= 11 is 3.31. The van der Waals surface area contributed by atoms with Crippen molar-refractivity contribution in [3.05, 3.63) is 28.2 Å². The summed E-state index contributed by atoms with van der Waals surface area (Å²) in [4.78, 5) is 0.323.